The lowest BCUT2D eigenvalue weighted by atomic mass is 10.1. The molecule has 1 aromatic carbocycles. The summed E-state index contributed by atoms with van der Waals surface area (Å²) >= 11 is 0. The first kappa shape index (κ1) is 17.3. The van der Waals surface area contributed by atoms with E-state index in [-0.39, 0.29) is 23.7 Å². The van der Waals surface area contributed by atoms with Crippen LogP contribution in [0.2, 0.25) is 0 Å². The van der Waals surface area contributed by atoms with Gasteiger partial charge in [0.25, 0.3) is 5.91 Å². The Kier molecular flexibility index (Phi) is 6.21. The van der Waals surface area contributed by atoms with E-state index in [0.29, 0.717) is 5.69 Å². The van der Waals surface area contributed by atoms with Crippen molar-refractivity contribution in [2.45, 2.75) is 6.92 Å². The number of hydrogen-bond donors (Lipinski definition) is 3. The van der Waals surface area contributed by atoms with Crippen LogP contribution in [-0.2, 0) is 14.4 Å². The highest BCUT2D eigenvalue weighted by Crippen LogP contribution is 2.16. The van der Waals surface area contributed by atoms with Crippen LogP contribution < -0.4 is 10.7 Å². The second-order valence-electron chi connectivity index (χ2n) is 4.77. The highest BCUT2D eigenvalue weighted by molar-refractivity contribution is 6.44. The van der Waals surface area contributed by atoms with Crippen molar-refractivity contribution in [1.82, 2.24) is 10.3 Å². The maximum Gasteiger partial charge on any atom is 0.357 e. The van der Waals surface area contributed by atoms with E-state index in [9.17, 15) is 19.5 Å². The average molecular weight is 306 g/mol. The first-order valence-corrected chi connectivity index (χ1v) is 6.42. The lowest BCUT2D eigenvalue weighted by Crippen LogP contribution is -2.32. The van der Waals surface area contributed by atoms with Gasteiger partial charge >= 0.3 is 5.97 Å². The Labute approximate surface area is 127 Å². The molecule has 22 heavy (non-hydrogen) atoms. The van der Waals surface area contributed by atoms with Gasteiger partial charge in [-0.3, -0.25) is 9.59 Å². The third-order valence-corrected chi connectivity index (χ3v) is 2.45. The molecular formula is C14H18N4O4. The molecule has 0 radical (unpaired) electrons. The number of hydrazone groups is 1. The van der Waals surface area contributed by atoms with Crippen LogP contribution in [-0.4, -0.2) is 54.1 Å². The molecule has 0 atom stereocenters. The Hall–Kier alpha value is -2.74. The number of anilines is 1. The number of nitrogens with one attached hydrogen (secondary N) is 2. The minimum Gasteiger partial charge on any atom is -0.476 e. The summed E-state index contributed by atoms with van der Waals surface area (Å²) in [6, 6.07) is 6.31. The average Bonchev–Trinajstić information content (AvgIpc) is 2.38. The number of para-hydroxylation sites is 1. The Bertz CT molecular complexity index is 611. The summed E-state index contributed by atoms with van der Waals surface area (Å²) in [5, 5.41) is 15.5. The second kappa shape index (κ2) is 7.89. The number of carboxylic acids is 1. The number of carbonyl (C=O) groups excluding carboxylic acids is 2. The maximum absolute atomic E-state index is 11.6. The predicted molar refractivity (Wildman–Crippen MR) is 81.6 cm³/mol. The van der Waals surface area contributed by atoms with Gasteiger partial charge in [-0.05, 0) is 20.2 Å². The van der Waals surface area contributed by atoms with Crippen molar-refractivity contribution in [3.8, 4) is 0 Å². The molecule has 0 fully saturated rings. The fourth-order valence-electron chi connectivity index (χ4n) is 1.65. The monoisotopic (exact) mass is 306 g/mol. The molecule has 0 saturated heterocycles. The lowest BCUT2D eigenvalue weighted by Gasteiger charge is -2.11. The number of hydrogen-bond acceptors (Lipinski definition) is 5. The van der Waals surface area contributed by atoms with Gasteiger partial charge in [0.1, 0.15) is 0 Å². The zero-order valence-electron chi connectivity index (χ0n) is 12.6. The number of carboxylic acid groups (broad SMARTS) is 1. The van der Waals surface area contributed by atoms with Crippen molar-refractivity contribution in [1.29, 1.82) is 0 Å². The fraction of sp³-hybridized carbons (Fsp3) is 0.286. The molecule has 8 heteroatoms. The number of likely N-dealkylation sites (N-methyl/N-ethyl adjacent to an activating group) is 1. The lowest BCUT2D eigenvalue weighted by molar-refractivity contribution is -0.129. The quantitative estimate of drug-likeness (QED) is 0.510. The summed E-state index contributed by atoms with van der Waals surface area (Å²) in [5.74, 6) is -2.10. The standard InChI is InChI=1S/C14H18N4O4/c1-9(19)15-11-7-5-4-6-10(11)13(14(21)22)17-16-12(20)8-18(2)3/h4-7H,8H2,1-3H3,(H,15,19)(H,16,20)(H,21,22)/b17-13-. The van der Waals surface area contributed by atoms with Crippen LogP contribution in [0, 0.1) is 0 Å². The molecule has 0 bridgehead atoms. The summed E-state index contributed by atoms with van der Waals surface area (Å²) in [6.45, 7) is 1.39. The second-order valence-corrected chi connectivity index (χ2v) is 4.77. The van der Waals surface area contributed by atoms with Crippen molar-refractivity contribution < 1.29 is 19.5 Å². The van der Waals surface area contributed by atoms with Crippen LogP contribution in [0.4, 0.5) is 5.69 Å². The van der Waals surface area contributed by atoms with E-state index in [1.807, 2.05) is 0 Å². The highest BCUT2D eigenvalue weighted by Gasteiger charge is 2.17. The van der Waals surface area contributed by atoms with Crippen LogP contribution in [0.1, 0.15) is 12.5 Å². The summed E-state index contributed by atoms with van der Waals surface area (Å²) in [4.78, 5) is 35.7. The first-order chi connectivity index (χ1) is 10.3. The molecule has 1 aromatic rings. The molecule has 118 valence electrons. The van der Waals surface area contributed by atoms with E-state index >= 15 is 0 Å². The van der Waals surface area contributed by atoms with Crippen LogP contribution >= 0.6 is 0 Å². The number of aliphatic carboxylic acids is 1. The predicted octanol–water partition coefficient (Wildman–Crippen LogP) is 0.112. The SMILES string of the molecule is CC(=O)Nc1ccccc1/C(=N/NC(=O)CN(C)C)C(=O)O. The molecule has 8 nitrogen and oxygen atoms in total. The number of carbonyl (C=O) groups is 3. The minimum atomic E-state index is -1.32. The zero-order valence-corrected chi connectivity index (χ0v) is 12.6. The molecule has 3 N–H and O–H groups in total. The Morgan fingerprint density at radius 1 is 1.23 bits per heavy atom. The largest absolute Gasteiger partial charge is 0.476 e. The zero-order chi connectivity index (χ0) is 16.7. The summed E-state index contributed by atoms with van der Waals surface area (Å²) < 4.78 is 0. The number of amides is 2. The Balaban J connectivity index is 3.08. The molecule has 0 aromatic heterocycles. The first-order valence-electron chi connectivity index (χ1n) is 6.42. The third-order valence-electron chi connectivity index (χ3n) is 2.45. The molecular weight excluding hydrogens is 288 g/mol. The van der Waals surface area contributed by atoms with Crippen molar-refractivity contribution in [3.63, 3.8) is 0 Å². The van der Waals surface area contributed by atoms with Crippen LogP contribution in [0.15, 0.2) is 29.4 Å². The third kappa shape index (κ3) is 5.33. The highest BCUT2D eigenvalue weighted by atomic mass is 16.4. The summed E-state index contributed by atoms with van der Waals surface area (Å²) in [6.07, 6.45) is 0. The molecule has 0 heterocycles. The molecule has 0 aliphatic carbocycles. The normalized spacial score (nSPS) is 11.2. The number of benzene rings is 1. The molecule has 0 aliphatic rings. The topological polar surface area (TPSA) is 111 Å². The summed E-state index contributed by atoms with van der Waals surface area (Å²) in [7, 11) is 3.40. The Morgan fingerprint density at radius 2 is 1.86 bits per heavy atom. The van der Waals surface area contributed by atoms with Gasteiger partial charge in [-0.2, -0.15) is 5.10 Å². The molecule has 0 saturated carbocycles. The van der Waals surface area contributed by atoms with Gasteiger partial charge in [0.05, 0.1) is 12.2 Å². The molecule has 0 aliphatic heterocycles. The fourth-order valence-corrected chi connectivity index (χ4v) is 1.65. The van der Waals surface area contributed by atoms with Gasteiger partial charge in [-0.25, -0.2) is 10.2 Å². The van der Waals surface area contributed by atoms with Gasteiger partial charge in [0, 0.05) is 12.5 Å². The van der Waals surface area contributed by atoms with E-state index in [4.69, 9.17) is 0 Å². The minimum absolute atomic E-state index is 0.0732. The molecule has 2 amide bonds. The van der Waals surface area contributed by atoms with E-state index in [0.717, 1.165) is 0 Å². The van der Waals surface area contributed by atoms with Crippen molar-refractivity contribution in [2.24, 2.45) is 5.10 Å². The smallest absolute Gasteiger partial charge is 0.357 e. The Morgan fingerprint density at radius 3 is 2.41 bits per heavy atom. The maximum atomic E-state index is 11.6. The van der Waals surface area contributed by atoms with E-state index in [1.54, 1.807) is 37.2 Å². The van der Waals surface area contributed by atoms with Gasteiger partial charge in [0.2, 0.25) is 5.91 Å². The van der Waals surface area contributed by atoms with Crippen molar-refractivity contribution >= 4 is 29.2 Å². The van der Waals surface area contributed by atoms with Gasteiger partial charge in [-0.15, -0.1) is 0 Å². The van der Waals surface area contributed by atoms with Crippen molar-refractivity contribution in [2.75, 3.05) is 26.0 Å². The van der Waals surface area contributed by atoms with Crippen LogP contribution in [0.5, 0.6) is 0 Å². The van der Waals surface area contributed by atoms with Gasteiger partial charge < -0.3 is 15.3 Å². The van der Waals surface area contributed by atoms with Crippen LogP contribution in [0.3, 0.4) is 0 Å². The molecule has 0 spiro atoms. The van der Waals surface area contributed by atoms with Crippen LogP contribution in [0.25, 0.3) is 0 Å². The van der Waals surface area contributed by atoms with Gasteiger partial charge in [-0.1, -0.05) is 18.2 Å². The molecule has 1 rings (SSSR count). The van der Waals surface area contributed by atoms with Crippen molar-refractivity contribution in [3.05, 3.63) is 29.8 Å². The van der Waals surface area contributed by atoms with Gasteiger partial charge in [0.15, 0.2) is 5.71 Å². The summed E-state index contributed by atoms with van der Waals surface area (Å²) in [5.41, 5.74) is 2.33. The van der Waals surface area contributed by atoms with E-state index in [1.165, 1.54) is 13.0 Å². The molecule has 0 unspecified atom stereocenters. The number of nitrogens with zero attached hydrogens (tertiary/aromatic N) is 2. The van der Waals surface area contributed by atoms with E-state index < -0.39 is 11.9 Å². The van der Waals surface area contributed by atoms with E-state index in [2.05, 4.69) is 15.8 Å². The number of rotatable bonds is 6.